The molecule has 29 atom stereocenters. The second kappa shape index (κ2) is 44.2. The van der Waals surface area contributed by atoms with Crippen LogP contribution in [0.3, 0.4) is 0 Å². The van der Waals surface area contributed by atoms with E-state index in [1.54, 1.807) is 4.57 Å². The van der Waals surface area contributed by atoms with Gasteiger partial charge in [-0.05, 0) is 110 Å². The van der Waals surface area contributed by atoms with E-state index in [2.05, 4.69) is 74.8 Å². The lowest BCUT2D eigenvalue weighted by Crippen LogP contribution is -2.39. The third kappa shape index (κ3) is 24.9. The number of anilines is 4. The van der Waals surface area contributed by atoms with E-state index in [1.807, 2.05) is 6.92 Å². The number of imidazole rings is 4. The fourth-order valence-electron chi connectivity index (χ4n) is 17.5. The topological polar surface area (TPSA) is 839 Å². The van der Waals surface area contributed by atoms with Gasteiger partial charge in [-0.1, -0.05) is 6.92 Å². The van der Waals surface area contributed by atoms with Gasteiger partial charge in [-0.25, -0.2) is 54.3 Å². The van der Waals surface area contributed by atoms with Crippen LogP contribution in [0.5, 0.6) is 0 Å². The summed E-state index contributed by atoms with van der Waals surface area (Å²) in [5.74, 6) is -0.523. The molecule has 0 aliphatic carbocycles. The van der Waals surface area contributed by atoms with Crippen molar-refractivity contribution in [2.45, 2.75) is 208 Å². The van der Waals surface area contributed by atoms with Crippen LogP contribution >= 0.6 is 47.0 Å². The quantitative estimate of drug-likeness (QED) is 0.0208. The highest BCUT2D eigenvalue weighted by Gasteiger charge is 2.54. The number of aliphatic hydroxyl groups excluding tert-OH is 1. The lowest BCUT2D eigenvalue weighted by atomic mass is 10.1. The summed E-state index contributed by atoms with van der Waals surface area (Å²) in [6.45, 7) is -31.1. The molecule has 0 saturated carbocycles. The van der Waals surface area contributed by atoms with Gasteiger partial charge in [-0.15, -0.1) is 0 Å². The van der Waals surface area contributed by atoms with E-state index >= 15 is 0 Å². The van der Waals surface area contributed by atoms with Crippen molar-refractivity contribution in [2.75, 3.05) is 69.7 Å². The van der Waals surface area contributed by atoms with Gasteiger partial charge in [-0.3, -0.25) is 85.4 Å². The summed E-state index contributed by atoms with van der Waals surface area (Å²) in [4.78, 5) is 242. The molecule has 7 fully saturated rings. The van der Waals surface area contributed by atoms with Crippen molar-refractivity contribution in [3.05, 3.63) is 156 Å². The van der Waals surface area contributed by atoms with Crippen LogP contribution in [0.2, 0.25) is 0 Å². The zero-order chi connectivity index (χ0) is 107. The van der Waals surface area contributed by atoms with Crippen LogP contribution in [0, 0.1) is 20.8 Å². The standard InChI is InChI=1S/C72H93N26O37P7S7/c1-6-31-32(7-46(122-31)95-24-81-50-56(73)77-22-79-58(50)95)130-137(109,144)116-17-39-35(9-45(123-39)93-14-29(3)63(101)90-71(93)106)132-141(113,148)121-21-43-55(54(99)67(128-43)94-15-30(4)64(102)91-72(94)107)135-142(114,149)120-20-42-37(12-49(127-42)98-27-84-53-61(98)86-69(76)88-66(53)104)134-140(112,147)119-19-41-36(11-48(126-41)97-26-83-52-60(97)85-68(75)87-65(52)103)133-139(111,146)118-18-40-34(8-44(124-40)92-13-28(2)62(100)89-70(92)105)131-138(110,145)117-16-38-33(129-136(108,143)115-5)10-47(125-38)96-25-82-51-57(74)78-23-80-59(51)96/h13-15,22-27,31-49,54-55,67,99H,6-12,16-21H2,1-5H3,(H,108,143)(H,109,144)(H,110,145)(H,111,146)(H,112,147)(H,113,148)(H,114,149)(H2,73,77,79)(H2,74,78,80)(H,89,100,105)(H,90,101,106)(H,91,102,107)(H3,75,85,87,103)(H3,76,86,88,104)/t31-,32?,33?,34?,35?,36?,37?,38-,39-,40-,41-,42-,43-,44-,45-,46-,47-,48-,49-,54+,55?,67-,136?,137?,138?,139?,140?,141?,142?/m1/s1. The number of aromatic amines is 5. The number of aliphatic hydroxyl groups is 1. The number of rotatable bonds is 41. The van der Waals surface area contributed by atoms with Gasteiger partial charge in [0.05, 0.1) is 108 Å². The summed E-state index contributed by atoms with van der Waals surface area (Å²) in [5, 5.41) is 12.3. The summed E-state index contributed by atoms with van der Waals surface area (Å²) in [5.41, 5.74) is 17.8. The number of fused-ring (bicyclic) bond motifs is 4. The number of nitrogens with two attached hydrogens (primary N) is 4. The molecule has 63 nitrogen and oxygen atoms in total. The molecule has 18 rings (SSSR count). The maximum absolute atomic E-state index is 13.6. The average molecular weight is 2360 g/mol. The third-order valence-electron chi connectivity index (χ3n) is 24.6. The Morgan fingerprint density at radius 3 is 0.953 bits per heavy atom. The van der Waals surface area contributed by atoms with Crippen LogP contribution in [0.4, 0.5) is 23.5 Å². The van der Waals surface area contributed by atoms with Gasteiger partial charge in [-0.2, -0.15) is 9.97 Å². The number of nitrogens with one attached hydrogen (secondary N) is 5. The second-order valence-electron chi connectivity index (χ2n) is 34.5. The number of aryl methyl sites for hydroxylation is 3. The molecule has 18 heterocycles. The van der Waals surface area contributed by atoms with Crippen molar-refractivity contribution in [3.63, 3.8) is 0 Å². The fraction of sp³-hybridized carbons (Fsp3) is 0.556. The lowest BCUT2D eigenvalue weighted by molar-refractivity contribution is -0.0587. The number of hydrogen-bond acceptors (Lipinski definition) is 51. The fourth-order valence-corrected chi connectivity index (χ4v) is 27.3. The molecule has 0 radical (unpaired) electrons. The zero-order valence-electron chi connectivity index (χ0n) is 77.4. The highest BCUT2D eigenvalue weighted by Crippen LogP contribution is 2.59. The second-order valence-corrected chi connectivity index (χ2v) is 54.1. The van der Waals surface area contributed by atoms with Gasteiger partial charge in [0, 0.05) is 80.9 Å². The molecular formula is C72H93N26O37P7S7. The Labute approximate surface area is 868 Å². The molecule has 0 aromatic carbocycles. The molecular weight excluding hydrogens is 2260 g/mol. The van der Waals surface area contributed by atoms with Crippen molar-refractivity contribution in [2.24, 2.45) is 0 Å². The number of nitrogen functional groups attached to an aromatic ring is 4. The number of H-pyrrole nitrogens is 5. The SMILES string of the molecule is CC[C@H]1O[C@@H](n2cnc3c(N)ncnc32)CC1OP(O)(=S)OC[C@H]1O[C@@H](n2cc(C)c(=O)[nH]c2=O)CC1OP(O)(=S)OC[C@H]1O[C@@H](n2cc(C)c(=O)[nH]c2=O)[C@@H](O)C1OP(O)(=S)OC[C@H]1O[C@@H](n2cnc3c(=O)[nH]c(N)nc32)CC1OP(O)(=S)OC[C@H]1O[C@@H](n2cnc3c(=O)[nH]c(N)nc32)CC1OP(O)(=S)OC[C@H]1O[C@@H](n2cc(C)c(=O)[nH]c2=O)CC1OP(O)(=S)OC[C@H]1O[C@@H](n2cnc3c(N)ncnc32)CC1OP(O)(=S)OC. The van der Waals surface area contributed by atoms with Crippen LogP contribution in [-0.4, -0.2) is 284 Å². The highest BCUT2D eigenvalue weighted by atomic mass is 32.5. The van der Waals surface area contributed by atoms with Gasteiger partial charge in [0.2, 0.25) is 11.9 Å². The minimum Gasteiger partial charge on any atom is -0.386 e. The number of nitrogens with zero attached hydrogens (tertiary/aromatic N) is 17. The first kappa shape index (κ1) is 111. The van der Waals surface area contributed by atoms with E-state index < -0.39 is 273 Å². The Hall–Kier alpha value is -7.57. The van der Waals surface area contributed by atoms with E-state index in [0.29, 0.717) is 17.6 Å². The first-order valence-electron chi connectivity index (χ1n) is 44.4. The maximum Gasteiger partial charge on any atom is 0.330 e. The molecule has 7 aliphatic heterocycles. The number of aromatic nitrogens is 22. The largest absolute Gasteiger partial charge is 0.386 e. The smallest absolute Gasteiger partial charge is 0.330 e. The number of ether oxygens (including phenoxy) is 7. The van der Waals surface area contributed by atoms with Crippen molar-refractivity contribution in [1.82, 2.24) is 107 Å². The highest BCUT2D eigenvalue weighted by molar-refractivity contribution is 8.09. The summed E-state index contributed by atoms with van der Waals surface area (Å²) in [6, 6.07) is 0. The van der Waals surface area contributed by atoms with Crippen LogP contribution in [0.15, 0.2) is 94.9 Å². The molecule has 14 unspecified atom stereocenters. The Morgan fingerprint density at radius 2 is 0.624 bits per heavy atom. The molecule has 21 N–H and O–H groups in total. The van der Waals surface area contributed by atoms with Crippen LogP contribution < -0.4 is 67.8 Å². The molecule has 0 amide bonds. The Kier molecular flexibility index (Phi) is 33.0. The van der Waals surface area contributed by atoms with Gasteiger partial charge in [0.25, 0.3) is 27.8 Å². The first-order valence-corrected chi connectivity index (χ1v) is 62.5. The molecule has 11 aromatic heterocycles. The summed E-state index contributed by atoms with van der Waals surface area (Å²) in [6.07, 6.45) is -20.6. The minimum atomic E-state index is -4.98. The van der Waals surface area contributed by atoms with Gasteiger partial charge >= 0.3 is 64.1 Å². The Bertz CT molecular complexity index is 7860. The molecule has 810 valence electrons. The molecule has 7 saturated heterocycles. The zero-order valence-corrected chi connectivity index (χ0v) is 89.4. The van der Waals surface area contributed by atoms with Crippen LogP contribution in [-0.2, 0) is 179 Å². The van der Waals surface area contributed by atoms with Crippen molar-refractivity contribution < 1.29 is 136 Å². The van der Waals surface area contributed by atoms with E-state index in [4.69, 9.17) is 202 Å². The van der Waals surface area contributed by atoms with E-state index in [1.165, 1.54) is 78.5 Å². The van der Waals surface area contributed by atoms with Gasteiger partial charge in [0.1, 0.15) is 110 Å². The summed E-state index contributed by atoms with van der Waals surface area (Å²) < 4.78 is 137. The summed E-state index contributed by atoms with van der Waals surface area (Å²) >= 11 is 39.0. The molecule has 7 aliphatic rings. The Morgan fingerprint density at radius 1 is 0.349 bits per heavy atom. The average Bonchev–Trinajstić information content (AvgIpc) is 1.63. The lowest BCUT2D eigenvalue weighted by Gasteiger charge is -2.29. The van der Waals surface area contributed by atoms with Crippen molar-refractivity contribution in [3.8, 4) is 0 Å². The van der Waals surface area contributed by atoms with E-state index in [9.17, 15) is 77.7 Å². The van der Waals surface area contributed by atoms with E-state index in [-0.39, 0.29) is 106 Å². The van der Waals surface area contributed by atoms with Crippen molar-refractivity contribution in [1.29, 1.82) is 0 Å². The maximum atomic E-state index is 13.6. The van der Waals surface area contributed by atoms with Crippen LogP contribution in [0.1, 0.15) is 112 Å². The molecule has 149 heavy (non-hydrogen) atoms. The molecule has 11 aromatic rings. The predicted molar refractivity (Wildman–Crippen MR) is 537 cm³/mol. The first-order chi connectivity index (χ1) is 70.3. The van der Waals surface area contributed by atoms with Crippen LogP contribution in [0.25, 0.3) is 44.7 Å². The normalized spacial score (nSPS) is 29.7. The van der Waals surface area contributed by atoms with Crippen molar-refractivity contribution >= 4 is 198 Å². The Balaban J connectivity index is 0.569. The molecule has 0 bridgehead atoms. The monoisotopic (exact) mass is 2350 g/mol. The number of hydrogen-bond donors (Lipinski definition) is 17. The molecule has 77 heteroatoms. The van der Waals surface area contributed by atoms with Gasteiger partial charge in [0.15, 0.2) is 51.5 Å². The van der Waals surface area contributed by atoms with Gasteiger partial charge < -0.3 is 154 Å². The minimum absolute atomic E-state index is 0.0381. The molecule has 0 spiro atoms. The predicted octanol–water partition coefficient (Wildman–Crippen LogP) is -0.809. The van der Waals surface area contributed by atoms with E-state index in [0.717, 1.165) is 33.3 Å². The summed E-state index contributed by atoms with van der Waals surface area (Å²) in [7, 11) is 1.13. The third-order valence-corrected chi connectivity index (χ3v) is 35.8.